The zero-order valence-electron chi connectivity index (χ0n) is 11.0. The van der Waals surface area contributed by atoms with Gasteiger partial charge in [-0.25, -0.2) is 0 Å². The highest BCUT2D eigenvalue weighted by atomic mass is 16.7. The highest BCUT2D eigenvalue weighted by molar-refractivity contribution is 5.45. The van der Waals surface area contributed by atoms with Crippen molar-refractivity contribution in [2.45, 2.75) is 25.9 Å². The lowest BCUT2D eigenvalue weighted by Gasteiger charge is -2.36. The fraction of sp³-hybridized carbons (Fsp3) is 0.571. The lowest BCUT2D eigenvalue weighted by atomic mass is 10.0. The van der Waals surface area contributed by atoms with Crippen LogP contribution in [0.3, 0.4) is 0 Å². The maximum Gasteiger partial charge on any atom is 0.231 e. The van der Waals surface area contributed by atoms with Gasteiger partial charge in [0.05, 0.1) is 0 Å². The molecule has 1 fully saturated rings. The van der Waals surface area contributed by atoms with Crippen molar-refractivity contribution in [3.05, 3.63) is 23.8 Å². The van der Waals surface area contributed by atoms with Gasteiger partial charge in [0.15, 0.2) is 11.5 Å². The fourth-order valence-electron chi connectivity index (χ4n) is 2.70. The van der Waals surface area contributed by atoms with Gasteiger partial charge in [-0.05, 0) is 31.5 Å². The number of piperazine rings is 1. The van der Waals surface area contributed by atoms with Crippen LogP contribution in [0.4, 0.5) is 0 Å². The minimum Gasteiger partial charge on any atom is -0.454 e. The standard InChI is InChI=1S/C14H20N2O2/c1-10-8-16(6-5-15-10)11(2)12-3-4-13-14(7-12)18-9-17-13/h3-4,7,10-11,15H,5-6,8-9H2,1-2H3. The van der Waals surface area contributed by atoms with Crippen LogP contribution in [0.15, 0.2) is 18.2 Å². The van der Waals surface area contributed by atoms with Crippen LogP contribution in [0.5, 0.6) is 11.5 Å². The van der Waals surface area contributed by atoms with E-state index in [0.29, 0.717) is 18.9 Å². The summed E-state index contributed by atoms with van der Waals surface area (Å²) in [6.45, 7) is 8.09. The van der Waals surface area contributed by atoms with Crippen molar-refractivity contribution in [1.29, 1.82) is 0 Å². The third-order valence-electron chi connectivity index (χ3n) is 3.83. The van der Waals surface area contributed by atoms with Crippen LogP contribution >= 0.6 is 0 Å². The van der Waals surface area contributed by atoms with Crippen molar-refractivity contribution in [1.82, 2.24) is 10.2 Å². The van der Waals surface area contributed by atoms with Crippen LogP contribution in [0, 0.1) is 0 Å². The van der Waals surface area contributed by atoms with Gasteiger partial charge in [-0.3, -0.25) is 4.90 Å². The van der Waals surface area contributed by atoms with Gasteiger partial charge in [-0.2, -0.15) is 0 Å². The van der Waals surface area contributed by atoms with Crippen LogP contribution in [-0.4, -0.2) is 37.4 Å². The fourth-order valence-corrected chi connectivity index (χ4v) is 2.70. The minimum absolute atomic E-state index is 0.345. The van der Waals surface area contributed by atoms with E-state index in [1.54, 1.807) is 0 Å². The number of benzene rings is 1. The van der Waals surface area contributed by atoms with Gasteiger partial charge in [-0.15, -0.1) is 0 Å². The van der Waals surface area contributed by atoms with E-state index >= 15 is 0 Å². The summed E-state index contributed by atoms with van der Waals surface area (Å²) in [5, 5.41) is 3.47. The first kappa shape index (κ1) is 11.8. The molecule has 2 heterocycles. The monoisotopic (exact) mass is 248 g/mol. The second kappa shape index (κ2) is 4.78. The number of nitrogens with zero attached hydrogens (tertiary/aromatic N) is 1. The Hall–Kier alpha value is -1.26. The quantitative estimate of drug-likeness (QED) is 0.865. The van der Waals surface area contributed by atoms with Crippen molar-refractivity contribution >= 4 is 0 Å². The summed E-state index contributed by atoms with van der Waals surface area (Å²) in [6, 6.07) is 7.25. The van der Waals surface area contributed by atoms with Gasteiger partial charge in [0.25, 0.3) is 0 Å². The molecule has 0 radical (unpaired) electrons. The molecular weight excluding hydrogens is 228 g/mol. The SMILES string of the molecule is CC1CN(C(C)c2ccc3c(c2)OCO3)CCN1. The van der Waals surface area contributed by atoms with Gasteiger partial charge in [0, 0.05) is 31.7 Å². The van der Waals surface area contributed by atoms with Crippen LogP contribution < -0.4 is 14.8 Å². The van der Waals surface area contributed by atoms with Gasteiger partial charge >= 0.3 is 0 Å². The van der Waals surface area contributed by atoms with Crippen molar-refractivity contribution in [3.8, 4) is 11.5 Å². The maximum atomic E-state index is 5.44. The molecule has 18 heavy (non-hydrogen) atoms. The van der Waals surface area contributed by atoms with Gasteiger partial charge in [-0.1, -0.05) is 6.07 Å². The van der Waals surface area contributed by atoms with Gasteiger partial charge < -0.3 is 14.8 Å². The number of fused-ring (bicyclic) bond motifs is 1. The summed E-state index contributed by atoms with van der Waals surface area (Å²) >= 11 is 0. The predicted molar refractivity (Wildman–Crippen MR) is 70.0 cm³/mol. The molecule has 0 amide bonds. The molecule has 0 aromatic heterocycles. The summed E-state index contributed by atoms with van der Waals surface area (Å²) in [7, 11) is 0. The van der Waals surface area contributed by atoms with E-state index in [1.807, 2.05) is 6.07 Å². The lowest BCUT2D eigenvalue weighted by Crippen LogP contribution is -2.49. The maximum absolute atomic E-state index is 5.44. The molecule has 1 N–H and O–H groups in total. The van der Waals surface area contributed by atoms with Gasteiger partial charge in [0.2, 0.25) is 6.79 Å². The highest BCUT2D eigenvalue weighted by Gasteiger charge is 2.23. The Balaban J connectivity index is 1.77. The Bertz CT molecular complexity index is 436. The molecule has 4 heteroatoms. The first-order valence-corrected chi connectivity index (χ1v) is 6.61. The third kappa shape index (κ3) is 2.18. The molecule has 1 aromatic carbocycles. The highest BCUT2D eigenvalue weighted by Crippen LogP contribution is 2.35. The van der Waals surface area contributed by atoms with Crippen molar-refractivity contribution in [3.63, 3.8) is 0 Å². The van der Waals surface area contributed by atoms with E-state index in [-0.39, 0.29) is 0 Å². The van der Waals surface area contributed by atoms with E-state index in [0.717, 1.165) is 31.1 Å². The smallest absolute Gasteiger partial charge is 0.231 e. The Morgan fingerprint density at radius 1 is 1.33 bits per heavy atom. The van der Waals surface area contributed by atoms with E-state index in [1.165, 1.54) is 5.56 Å². The first-order valence-electron chi connectivity index (χ1n) is 6.61. The molecule has 1 aromatic rings. The number of hydrogen-bond acceptors (Lipinski definition) is 4. The van der Waals surface area contributed by atoms with E-state index in [4.69, 9.17) is 9.47 Å². The number of hydrogen-bond donors (Lipinski definition) is 1. The second-order valence-corrected chi connectivity index (χ2v) is 5.14. The average molecular weight is 248 g/mol. The summed E-state index contributed by atoms with van der Waals surface area (Å²) < 4.78 is 10.8. The summed E-state index contributed by atoms with van der Waals surface area (Å²) in [5.74, 6) is 1.74. The molecular formula is C14H20N2O2. The Morgan fingerprint density at radius 3 is 3.00 bits per heavy atom. The summed E-state index contributed by atoms with van der Waals surface area (Å²) in [6.07, 6.45) is 0. The van der Waals surface area contributed by atoms with Crippen LogP contribution in [-0.2, 0) is 0 Å². The van der Waals surface area contributed by atoms with E-state index in [2.05, 4.69) is 36.2 Å². The van der Waals surface area contributed by atoms with Crippen LogP contribution in [0.1, 0.15) is 25.5 Å². The Morgan fingerprint density at radius 2 is 2.17 bits per heavy atom. The number of ether oxygens (including phenoxy) is 2. The van der Waals surface area contributed by atoms with Crippen LogP contribution in [0.2, 0.25) is 0 Å². The van der Waals surface area contributed by atoms with Crippen molar-refractivity contribution in [2.24, 2.45) is 0 Å². The molecule has 4 nitrogen and oxygen atoms in total. The van der Waals surface area contributed by atoms with Crippen LogP contribution in [0.25, 0.3) is 0 Å². The average Bonchev–Trinajstić information content (AvgIpc) is 2.85. The zero-order valence-corrected chi connectivity index (χ0v) is 11.0. The number of rotatable bonds is 2. The Labute approximate surface area is 108 Å². The molecule has 2 aliphatic rings. The zero-order chi connectivity index (χ0) is 12.5. The summed E-state index contributed by atoms with van der Waals surface area (Å²) in [5.41, 5.74) is 1.30. The molecule has 98 valence electrons. The molecule has 0 bridgehead atoms. The topological polar surface area (TPSA) is 33.7 Å². The molecule has 0 aliphatic carbocycles. The van der Waals surface area contributed by atoms with Crippen molar-refractivity contribution < 1.29 is 9.47 Å². The number of nitrogens with one attached hydrogen (secondary N) is 1. The molecule has 0 saturated carbocycles. The molecule has 1 saturated heterocycles. The lowest BCUT2D eigenvalue weighted by molar-refractivity contribution is 0.158. The molecule has 3 rings (SSSR count). The largest absolute Gasteiger partial charge is 0.454 e. The summed E-state index contributed by atoms with van der Waals surface area (Å²) in [4.78, 5) is 2.51. The molecule has 2 unspecified atom stereocenters. The Kier molecular flexibility index (Phi) is 3.14. The van der Waals surface area contributed by atoms with Gasteiger partial charge in [0.1, 0.15) is 0 Å². The molecule has 0 spiro atoms. The predicted octanol–water partition coefficient (Wildman–Crippen LogP) is 1.77. The third-order valence-corrected chi connectivity index (χ3v) is 3.83. The van der Waals surface area contributed by atoms with E-state index < -0.39 is 0 Å². The molecule has 2 aliphatic heterocycles. The minimum atomic E-state index is 0.345. The molecule has 2 atom stereocenters. The normalized spacial score (nSPS) is 25.1. The first-order chi connectivity index (χ1) is 8.74. The second-order valence-electron chi connectivity index (χ2n) is 5.14. The van der Waals surface area contributed by atoms with Crippen molar-refractivity contribution in [2.75, 3.05) is 26.4 Å². The van der Waals surface area contributed by atoms with E-state index in [9.17, 15) is 0 Å².